The highest BCUT2D eigenvalue weighted by Crippen LogP contribution is 2.15. The van der Waals surface area contributed by atoms with Gasteiger partial charge in [-0.2, -0.15) is 0 Å². The number of hydrogen-bond donors (Lipinski definition) is 1. The van der Waals surface area contributed by atoms with Crippen LogP contribution in [0.3, 0.4) is 0 Å². The van der Waals surface area contributed by atoms with E-state index in [1.54, 1.807) is 6.07 Å². The molecular formula is C15H25N3O2. The molecule has 112 valence electrons. The van der Waals surface area contributed by atoms with E-state index in [0.717, 1.165) is 38.4 Å². The molecule has 1 aliphatic rings. The summed E-state index contributed by atoms with van der Waals surface area (Å²) < 4.78 is 5.62. The molecular weight excluding hydrogens is 254 g/mol. The highest BCUT2D eigenvalue weighted by molar-refractivity contribution is 5.91. The van der Waals surface area contributed by atoms with E-state index in [9.17, 15) is 4.79 Å². The third-order valence-electron chi connectivity index (χ3n) is 3.53. The van der Waals surface area contributed by atoms with Crippen molar-refractivity contribution in [3.63, 3.8) is 0 Å². The molecule has 1 aliphatic heterocycles. The monoisotopic (exact) mass is 279 g/mol. The zero-order chi connectivity index (χ0) is 14.4. The second kappa shape index (κ2) is 7.45. The van der Waals surface area contributed by atoms with Crippen LogP contribution >= 0.6 is 0 Å². The van der Waals surface area contributed by atoms with Crippen molar-refractivity contribution in [2.24, 2.45) is 0 Å². The molecule has 0 unspecified atom stereocenters. The van der Waals surface area contributed by atoms with Crippen molar-refractivity contribution in [2.75, 3.05) is 40.3 Å². The molecule has 5 nitrogen and oxygen atoms in total. The normalized spacial score (nSPS) is 15.9. The van der Waals surface area contributed by atoms with Crippen molar-refractivity contribution >= 4 is 5.91 Å². The lowest BCUT2D eigenvalue weighted by molar-refractivity contribution is 0.0921. The first-order valence-electron chi connectivity index (χ1n) is 7.39. The number of amides is 1. The van der Waals surface area contributed by atoms with Crippen molar-refractivity contribution in [1.29, 1.82) is 0 Å². The Labute approximate surface area is 120 Å². The molecule has 1 saturated heterocycles. The van der Waals surface area contributed by atoms with E-state index in [2.05, 4.69) is 15.1 Å². The van der Waals surface area contributed by atoms with E-state index >= 15 is 0 Å². The number of furan rings is 1. The Bertz CT molecular complexity index is 423. The van der Waals surface area contributed by atoms with E-state index in [1.807, 2.05) is 20.2 Å². The summed E-state index contributed by atoms with van der Waals surface area (Å²) in [4.78, 5) is 16.4. The van der Waals surface area contributed by atoms with Crippen LogP contribution in [-0.4, -0.2) is 56.0 Å². The van der Waals surface area contributed by atoms with Crippen LogP contribution in [0.2, 0.25) is 0 Å². The van der Waals surface area contributed by atoms with Crippen molar-refractivity contribution in [2.45, 2.75) is 25.8 Å². The van der Waals surface area contributed by atoms with E-state index < -0.39 is 0 Å². The Morgan fingerprint density at radius 2 is 2.10 bits per heavy atom. The predicted octanol–water partition coefficient (Wildman–Crippen LogP) is 1.56. The maximum absolute atomic E-state index is 11.9. The molecule has 0 atom stereocenters. The number of nitrogens with one attached hydrogen (secondary N) is 1. The maximum atomic E-state index is 11.9. The molecule has 5 heteroatoms. The van der Waals surface area contributed by atoms with Crippen LogP contribution in [0.1, 0.15) is 35.6 Å². The Morgan fingerprint density at radius 3 is 2.80 bits per heavy atom. The first-order valence-corrected chi connectivity index (χ1v) is 7.39. The fourth-order valence-corrected chi connectivity index (χ4v) is 2.43. The zero-order valence-corrected chi connectivity index (χ0v) is 12.5. The van der Waals surface area contributed by atoms with Gasteiger partial charge < -0.3 is 14.6 Å². The Kier molecular flexibility index (Phi) is 5.61. The van der Waals surface area contributed by atoms with Gasteiger partial charge in [-0.05, 0) is 65.1 Å². The third kappa shape index (κ3) is 4.65. The van der Waals surface area contributed by atoms with Gasteiger partial charge in [-0.3, -0.25) is 9.69 Å². The molecule has 1 aromatic rings. The first-order chi connectivity index (χ1) is 9.65. The van der Waals surface area contributed by atoms with Gasteiger partial charge in [0.2, 0.25) is 0 Å². The van der Waals surface area contributed by atoms with Crippen molar-refractivity contribution in [3.8, 4) is 0 Å². The second-order valence-corrected chi connectivity index (χ2v) is 5.66. The summed E-state index contributed by atoms with van der Waals surface area (Å²) in [5.41, 5.74) is 0. The highest BCUT2D eigenvalue weighted by atomic mass is 16.4. The lowest BCUT2D eigenvalue weighted by Gasteiger charge is -2.11. The third-order valence-corrected chi connectivity index (χ3v) is 3.53. The smallest absolute Gasteiger partial charge is 0.286 e. The Balaban J connectivity index is 1.74. The molecule has 0 aromatic carbocycles. The minimum Gasteiger partial charge on any atom is -0.455 e. The molecule has 1 aromatic heterocycles. The fraction of sp³-hybridized carbons (Fsp3) is 0.667. The molecule has 1 N–H and O–H groups in total. The Hall–Kier alpha value is -1.33. The summed E-state index contributed by atoms with van der Waals surface area (Å²) in [6, 6.07) is 3.68. The minimum absolute atomic E-state index is 0.114. The van der Waals surface area contributed by atoms with Crippen molar-refractivity contribution in [3.05, 3.63) is 23.7 Å². The molecule has 1 fully saturated rings. The molecule has 2 heterocycles. The lowest BCUT2D eigenvalue weighted by atomic mass is 10.3. The SMILES string of the molecule is CN(C)CCCNC(=O)c1ccc(CN2CCCC2)o1. The summed E-state index contributed by atoms with van der Waals surface area (Å²) in [6.07, 6.45) is 3.47. The van der Waals surface area contributed by atoms with Crippen LogP contribution in [-0.2, 0) is 6.54 Å². The summed E-state index contributed by atoms with van der Waals surface area (Å²) in [6.45, 7) is 4.73. The van der Waals surface area contributed by atoms with Crippen LogP contribution in [0.15, 0.2) is 16.5 Å². The number of carbonyl (C=O) groups is 1. The van der Waals surface area contributed by atoms with Crippen molar-refractivity contribution < 1.29 is 9.21 Å². The molecule has 0 spiro atoms. The van der Waals surface area contributed by atoms with Gasteiger partial charge in [0, 0.05) is 6.54 Å². The van der Waals surface area contributed by atoms with E-state index in [1.165, 1.54) is 12.8 Å². The number of nitrogens with zero attached hydrogens (tertiary/aromatic N) is 2. The van der Waals surface area contributed by atoms with Crippen LogP contribution < -0.4 is 5.32 Å². The van der Waals surface area contributed by atoms with Gasteiger partial charge in [-0.15, -0.1) is 0 Å². The van der Waals surface area contributed by atoms with Crippen LogP contribution in [0.25, 0.3) is 0 Å². The summed E-state index contributed by atoms with van der Waals surface area (Å²) in [7, 11) is 4.05. The number of hydrogen-bond acceptors (Lipinski definition) is 4. The largest absolute Gasteiger partial charge is 0.455 e. The maximum Gasteiger partial charge on any atom is 0.286 e. The van der Waals surface area contributed by atoms with E-state index in [4.69, 9.17) is 4.42 Å². The Morgan fingerprint density at radius 1 is 1.35 bits per heavy atom. The van der Waals surface area contributed by atoms with E-state index in [0.29, 0.717) is 12.3 Å². The van der Waals surface area contributed by atoms with Gasteiger partial charge in [-0.1, -0.05) is 0 Å². The molecule has 0 saturated carbocycles. The number of rotatable bonds is 7. The quantitative estimate of drug-likeness (QED) is 0.770. The lowest BCUT2D eigenvalue weighted by Crippen LogP contribution is -2.26. The second-order valence-electron chi connectivity index (χ2n) is 5.66. The van der Waals surface area contributed by atoms with E-state index in [-0.39, 0.29) is 5.91 Å². The zero-order valence-electron chi connectivity index (χ0n) is 12.5. The highest BCUT2D eigenvalue weighted by Gasteiger charge is 2.15. The fourth-order valence-electron chi connectivity index (χ4n) is 2.43. The van der Waals surface area contributed by atoms with Crippen LogP contribution in [0.4, 0.5) is 0 Å². The number of likely N-dealkylation sites (tertiary alicyclic amines) is 1. The van der Waals surface area contributed by atoms with Gasteiger partial charge in [0.15, 0.2) is 5.76 Å². The molecule has 20 heavy (non-hydrogen) atoms. The first kappa shape index (κ1) is 15.1. The summed E-state index contributed by atoms with van der Waals surface area (Å²) in [5, 5.41) is 2.89. The molecule has 1 amide bonds. The molecule has 2 rings (SSSR count). The van der Waals surface area contributed by atoms with Gasteiger partial charge >= 0.3 is 0 Å². The van der Waals surface area contributed by atoms with Crippen LogP contribution in [0.5, 0.6) is 0 Å². The van der Waals surface area contributed by atoms with Gasteiger partial charge in [-0.25, -0.2) is 0 Å². The summed E-state index contributed by atoms with van der Waals surface area (Å²) in [5.74, 6) is 1.19. The standard InChI is InChI=1S/C15H25N3O2/c1-17(2)9-5-8-16-15(19)14-7-6-13(20-14)12-18-10-3-4-11-18/h6-7H,3-5,8-12H2,1-2H3,(H,16,19). The minimum atomic E-state index is -0.114. The summed E-state index contributed by atoms with van der Waals surface area (Å²) >= 11 is 0. The van der Waals surface area contributed by atoms with Gasteiger partial charge in [0.05, 0.1) is 6.54 Å². The van der Waals surface area contributed by atoms with Crippen LogP contribution in [0, 0.1) is 0 Å². The number of carbonyl (C=O) groups excluding carboxylic acids is 1. The van der Waals surface area contributed by atoms with Gasteiger partial charge in [0.25, 0.3) is 5.91 Å². The van der Waals surface area contributed by atoms with Crippen molar-refractivity contribution in [1.82, 2.24) is 15.1 Å². The predicted molar refractivity (Wildman–Crippen MR) is 78.7 cm³/mol. The topological polar surface area (TPSA) is 48.7 Å². The molecule has 0 bridgehead atoms. The molecule has 0 aliphatic carbocycles. The van der Waals surface area contributed by atoms with Gasteiger partial charge in [0.1, 0.15) is 5.76 Å². The average Bonchev–Trinajstić information content (AvgIpc) is 3.06. The molecule has 0 radical (unpaired) electrons. The average molecular weight is 279 g/mol.